The van der Waals surface area contributed by atoms with Gasteiger partial charge in [-0.25, -0.2) is 13.1 Å². The van der Waals surface area contributed by atoms with Crippen LogP contribution in [0, 0.1) is 5.92 Å². The van der Waals surface area contributed by atoms with E-state index in [2.05, 4.69) is 32.5 Å². The number of benzene rings is 1. The summed E-state index contributed by atoms with van der Waals surface area (Å²) in [4.78, 5) is 16.0. The summed E-state index contributed by atoms with van der Waals surface area (Å²) in [6.07, 6.45) is 2.23. The van der Waals surface area contributed by atoms with Crippen molar-refractivity contribution in [2.45, 2.75) is 30.7 Å². The number of rotatable bonds is 9. The first-order valence-corrected chi connectivity index (χ1v) is 12.4. The van der Waals surface area contributed by atoms with Gasteiger partial charge in [0.25, 0.3) is 0 Å². The summed E-state index contributed by atoms with van der Waals surface area (Å²) in [7, 11) is -3.66. The number of carbonyl (C=O) groups excluding carboxylic acids is 1. The lowest BCUT2D eigenvalue weighted by atomic mass is 9.96. The Bertz CT molecular complexity index is 895. The molecular formula is C20H26ClN3O3S2. The summed E-state index contributed by atoms with van der Waals surface area (Å²) in [6, 6.07) is 10.3. The summed E-state index contributed by atoms with van der Waals surface area (Å²) in [6.45, 7) is 3.78. The standard InChI is InChI=1S/C20H26ClN3O3S2/c21-17-3-1-5-19(13-17)29(26,27)23-9-6-20(25)22-14-16-7-10-24(11-8-16)15-18-4-2-12-28-18/h1-5,12-13,16,23H,6-11,14-15H2,(H,22,25). The third kappa shape index (κ3) is 7.08. The molecule has 1 aliphatic rings. The normalized spacial score (nSPS) is 16.0. The van der Waals surface area contributed by atoms with Crippen LogP contribution in [-0.2, 0) is 21.4 Å². The number of nitrogens with one attached hydrogen (secondary N) is 2. The molecule has 0 bridgehead atoms. The van der Waals surface area contributed by atoms with Crippen LogP contribution in [0.15, 0.2) is 46.7 Å². The Morgan fingerprint density at radius 3 is 2.69 bits per heavy atom. The molecule has 3 rings (SSSR count). The predicted octanol–water partition coefficient (Wildman–Crippen LogP) is 3.10. The molecule has 1 aromatic carbocycles. The van der Waals surface area contributed by atoms with Gasteiger partial charge in [0.2, 0.25) is 15.9 Å². The largest absolute Gasteiger partial charge is 0.356 e. The molecule has 1 fully saturated rings. The molecule has 1 amide bonds. The summed E-state index contributed by atoms with van der Waals surface area (Å²) in [5, 5.41) is 5.39. The molecule has 158 valence electrons. The highest BCUT2D eigenvalue weighted by Gasteiger charge is 2.20. The molecule has 1 aromatic heterocycles. The highest BCUT2D eigenvalue weighted by atomic mass is 35.5. The van der Waals surface area contributed by atoms with Crippen LogP contribution in [0.1, 0.15) is 24.1 Å². The van der Waals surface area contributed by atoms with Gasteiger partial charge in [0, 0.05) is 36.0 Å². The van der Waals surface area contributed by atoms with Gasteiger partial charge in [-0.15, -0.1) is 11.3 Å². The molecule has 9 heteroatoms. The van der Waals surface area contributed by atoms with E-state index < -0.39 is 10.0 Å². The average molecular weight is 456 g/mol. The van der Waals surface area contributed by atoms with Gasteiger partial charge >= 0.3 is 0 Å². The fraction of sp³-hybridized carbons (Fsp3) is 0.450. The van der Waals surface area contributed by atoms with Crippen LogP contribution in [0.2, 0.25) is 5.02 Å². The zero-order valence-electron chi connectivity index (χ0n) is 16.1. The molecule has 0 atom stereocenters. The van der Waals surface area contributed by atoms with Gasteiger partial charge in [-0.2, -0.15) is 0 Å². The number of nitrogens with zero attached hydrogens (tertiary/aromatic N) is 1. The third-order valence-corrected chi connectivity index (χ3v) is 7.56. The van der Waals surface area contributed by atoms with Crippen molar-refractivity contribution in [1.82, 2.24) is 14.9 Å². The maximum absolute atomic E-state index is 12.2. The number of hydrogen-bond acceptors (Lipinski definition) is 5. The molecule has 29 heavy (non-hydrogen) atoms. The number of hydrogen-bond donors (Lipinski definition) is 2. The molecule has 1 aliphatic heterocycles. The van der Waals surface area contributed by atoms with Gasteiger partial charge in [-0.1, -0.05) is 23.7 Å². The summed E-state index contributed by atoms with van der Waals surface area (Å²) in [5.74, 6) is 0.335. The molecule has 2 heterocycles. The lowest BCUT2D eigenvalue weighted by molar-refractivity contribution is -0.121. The van der Waals surface area contributed by atoms with E-state index in [0.717, 1.165) is 32.5 Å². The van der Waals surface area contributed by atoms with E-state index in [0.29, 0.717) is 17.5 Å². The van der Waals surface area contributed by atoms with Crippen molar-refractivity contribution >= 4 is 38.9 Å². The van der Waals surface area contributed by atoms with Crippen LogP contribution in [0.3, 0.4) is 0 Å². The summed E-state index contributed by atoms with van der Waals surface area (Å²) in [5.41, 5.74) is 0. The molecule has 1 saturated heterocycles. The monoisotopic (exact) mass is 455 g/mol. The van der Waals surface area contributed by atoms with E-state index in [1.807, 2.05) is 0 Å². The lowest BCUT2D eigenvalue weighted by Gasteiger charge is -2.31. The highest BCUT2D eigenvalue weighted by molar-refractivity contribution is 7.89. The number of piperidine rings is 1. The Balaban J connectivity index is 1.32. The number of carbonyl (C=O) groups is 1. The maximum atomic E-state index is 12.2. The van der Waals surface area contributed by atoms with Gasteiger partial charge < -0.3 is 5.32 Å². The smallest absolute Gasteiger partial charge is 0.240 e. The van der Waals surface area contributed by atoms with Gasteiger partial charge in [0.1, 0.15) is 0 Å². The van der Waals surface area contributed by atoms with Crippen molar-refractivity contribution in [3.8, 4) is 0 Å². The van der Waals surface area contributed by atoms with Crippen LogP contribution in [0.4, 0.5) is 0 Å². The third-order valence-electron chi connectivity index (χ3n) is 5.01. The second-order valence-corrected chi connectivity index (χ2v) is 10.4. The van der Waals surface area contributed by atoms with Crippen molar-refractivity contribution in [3.05, 3.63) is 51.7 Å². The van der Waals surface area contributed by atoms with Crippen LogP contribution in [-0.4, -0.2) is 45.4 Å². The number of thiophene rings is 1. The van der Waals surface area contributed by atoms with E-state index in [-0.39, 0.29) is 23.8 Å². The van der Waals surface area contributed by atoms with E-state index in [4.69, 9.17) is 11.6 Å². The minimum Gasteiger partial charge on any atom is -0.356 e. The number of amides is 1. The van der Waals surface area contributed by atoms with E-state index in [1.54, 1.807) is 23.5 Å². The van der Waals surface area contributed by atoms with Crippen LogP contribution >= 0.6 is 22.9 Å². The van der Waals surface area contributed by atoms with E-state index in [1.165, 1.54) is 17.0 Å². The Labute approximate surface area is 181 Å². The molecule has 0 aliphatic carbocycles. The minimum atomic E-state index is -3.66. The van der Waals surface area contributed by atoms with E-state index in [9.17, 15) is 13.2 Å². The number of likely N-dealkylation sites (tertiary alicyclic amines) is 1. The van der Waals surface area contributed by atoms with Crippen molar-refractivity contribution in [2.24, 2.45) is 5.92 Å². The first kappa shape index (κ1) is 22.2. The Morgan fingerprint density at radius 1 is 1.21 bits per heavy atom. The molecule has 6 nitrogen and oxygen atoms in total. The fourth-order valence-corrected chi connectivity index (χ4v) is 5.41. The molecule has 0 saturated carbocycles. The molecular weight excluding hydrogens is 430 g/mol. The average Bonchev–Trinajstić information content (AvgIpc) is 3.20. The first-order chi connectivity index (χ1) is 13.9. The maximum Gasteiger partial charge on any atom is 0.240 e. The topological polar surface area (TPSA) is 78.5 Å². The van der Waals surface area contributed by atoms with Crippen molar-refractivity contribution in [1.29, 1.82) is 0 Å². The molecule has 0 spiro atoms. The Morgan fingerprint density at radius 2 is 2.00 bits per heavy atom. The van der Waals surface area contributed by atoms with Gasteiger partial charge in [-0.05, 0) is 61.5 Å². The second-order valence-electron chi connectivity index (χ2n) is 7.21. The Hall–Kier alpha value is -1.45. The highest BCUT2D eigenvalue weighted by Crippen LogP contribution is 2.20. The zero-order valence-corrected chi connectivity index (χ0v) is 18.5. The lowest BCUT2D eigenvalue weighted by Crippen LogP contribution is -2.39. The SMILES string of the molecule is O=C(CCNS(=O)(=O)c1cccc(Cl)c1)NCC1CCN(Cc2cccs2)CC1. The molecule has 2 aromatic rings. The van der Waals surface area contributed by atoms with Crippen LogP contribution in [0.25, 0.3) is 0 Å². The molecule has 0 unspecified atom stereocenters. The minimum absolute atomic E-state index is 0.0555. The van der Waals surface area contributed by atoms with E-state index >= 15 is 0 Å². The first-order valence-electron chi connectivity index (χ1n) is 9.69. The summed E-state index contributed by atoms with van der Waals surface area (Å²) >= 11 is 7.62. The number of halogens is 1. The van der Waals surface area contributed by atoms with Crippen LogP contribution in [0.5, 0.6) is 0 Å². The van der Waals surface area contributed by atoms with Gasteiger partial charge in [0.15, 0.2) is 0 Å². The van der Waals surface area contributed by atoms with Crippen molar-refractivity contribution in [3.63, 3.8) is 0 Å². The predicted molar refractivity (Wildman–Crippen MR) is 117 cm³/mol. The van der Waals surface area contributed by atoms with Gasteiger partial charge in [0.05, 0.1) is 4.90 Å². The zero-order chi connectivity index (χ0) is 20.7. The van der Waals surface area contributed by atoms with Crippen molar-refractivity contribution < 1.29 is 13.2 Å². The Kier molecular flexibility index (Phi) is 8.08. The molecule has 2 N–H and O–H groups in total. The van der Waals surface area contributed by atoms with Crippen LogP contribution < -0.4 is 10.0 Å². The van der Waals surface area contributed by atoms with Crippen molar-refractivity contribution in [2.75, 3.05) is 26.2 Å². The van der Waals surface area contributed by atoms with Gasteiger partial charge in [-0.3, -0.25) is 9.69 Å². The fourth-order valence-electron chi connectivity index (χ4n) is 3.33. The number of sulfonamides is 1. The second kappa shape index (κ2) is 10.5. The summed E-state index contributed by atoms with van der Waals surface area (Å²) < 4.78 is 26.9. The molecule has 0 radical (unpaired) electrons. The quantitative estimate of drug-likeness (QED) is 0.609.